The number of nitrogens with one attached hydrogen (secondary N) is 1. The molecule has 4 rings (SSSR count). The van der Waals surface area contributed by atoms with Gasteiger partial charge in [0.1, 0.15) is 0 Å². The molecule has 1 aliphatic rings. The fourth-order valence-corrected chi connectivity index (χ4v) is 4.39. The van der Waals surface area contributed by atoms with Crippen molar-refractivity contribution in [1.29, 1.82) is 0 Å². The second-order valence-corrected chi connectivity index (χ2v) is 8.68. The highest BCUT2D eigenvalue weighted by atomic mass is 16.6. The van der Waals surface area contributed by atoms with Crippen LogP contribution in [0.25, 0.3) is 11.8 Å². The minimum atomic E-state index is -1.23. The average Bonchev–Trinajstić information content (AvgIpc) is 3.43. The van der Waals surface area contributed by atoms with Crippen LogP contribution in [0.1, 0.15) is 37.3 Å². The molecule has 1 unspecified atom stereocenters. The van der Waals surface area contributed by atoms with Crippen molar-refractivity contribution in [3.63, 3.8) is 0 Å². The number of imidazole rings is 1. The first kappa shape index (κ1) is 26.1. The summed E-state index contributed by atoms with van der Waals surface area (Å²) in [6, 6.07) is 13.5. The molecule has 0 aliphatic carbocycles. The van der Waals surface area contributed by atoms with Crippen LogP contribution in [-0.2, 0) is 14.3 Å². The first-order valence-corrected chi connectivity index (χ1v) is 11.8. The number of aliphatic carboxylic acids is 1. The number of carboxylic acids is 1. The third-order valence-corrected chi connectivity index (χ3v) is 6.15. The number of esters is 1. The van der Waals surface area contributed by atoms with Crippen LogP contribution in [0.3, 0.4) is 0 Å². The van der Waals surface area contributed by atoms with Crippen LogP contribution in [0.2, 0.25) is 0 Å². The van der Waals surface area contributed by atoms with Gasteiger partial charge in [-0.25, -0.2) is 14.6 Å². The molecule has 194 valence electrons. The van der Waals surface area contributed by atoms with E-state index in [-0.39, 0.29) is 23.4 Å². The van der Waals surface area contributed by atoms with Crippen molar-refractivity contribution < 1.29 is 24.4 Å². The van der Waals surface area contributed by atoms with E-state index in [0.717, 1.165) is 11.3 Å². The Bertz CT molecular complexity index is 1450. The molecule has 10 nitrogen and oxygen atoms in total. The SMILES string of the molecule is CC1=C(C(=O)O)C(c2cccc([N+](=O)[O-])c2)C(C(=O)OCCC=Cc2ccc(-n3ccnc3)cc2)=C(C)N1. The van der Waals surface area contributed by atoms with Crippen molar-refractivity contribution in [2.75, 3.05) is 6.61 Å². The van der Waals surface area contributed by atoms with Crippen molar-refractivity contribution in [3.8, 4) is 5.69 Å². The summed E-state index contributed by atoms with van der Waals surface area (Å²) in [7, 11) is 0. The van der Waals surface area contributed by atoms with Gasteiger partial charge in [0.2, 0.25) is 0 Å². The number of carboxylic acid groups (broad SMARTS) is 1. The molecule has 0 saturated carbocycles. The first-order valence-electron chi connectivity index (χ1n) is 11.8. The number of aromatic nitrogens is 2. The first-order chi connectivity index (χ1) is 18.3. The number of dihydropyridines is 1. The quantitative estimate of drug-likeness (QED) is 0.181. The zero-order valence-electron chi connectivity index (χ0n) is 20.8. The topological polar surface area (TPSA) is 137 Å². The number of non-ortho nitro benzene ring substituents is 1. The van der Waals surface area contributed by atoms with Crippen LogP contribution in [-0.4, -0.2) is 38.1 Å². The van der Waals surface area contributed by atoms with Gasteiger partial charge in [0.25, 0.3) is 5.69 Å². The molecule has 1 atom stereocenters. The summed E-state index contributed by atoms with van der Waals surface area (Å²) < 4.78 is 7.40. The Morgan fingerprint density at radius 3 is 2.55 bits per heavy atom. The molecule has 0 amide bonds. The van der Waals surface area contributed by atoms with E-state index in [0.29, 0.717) is 23.4 Å². The molecular formula is C28H26N4O6. The molecule has 2 aromatic carbocycles. The van der Waals surface area contributed by atoms with Crippen LogP contribution in [0, 0.1) is 10.1 Å². The summed E-state index contributed by atoms with van der Waals surface area (Å²) in [6.45, 7) is 3.31. The van der Waals surface area contributed by atoms with Crippen LogP contribution >= 0.6 is 0 Å². The molecule has 0 bridgehead atoms. The number of nitro benzene ring substituents is 1. The number of nitrogens with zero attached hydrogens (tertiary/aromatic N) is 3. The molecular weight excluding hydrogens is 488 g/mol. The molecule has 2 heterocycles. The van der Waals surface area contributed by atoms with Crippen LogP contribution in [0.15, 0.2) is 95.9 Å². The largest absolute Gasteiger partial charge is 0.478 e. The minimum absolute atomic E-state index is 0.0675. The Balaban J connectivity index is 1.46. The summed E-state index contributed by atoms with van der Waals surface area (Å²) in [5.74, 6) is -2.94. The normalized spacial score (nSPS) is 15.5. The van der Waals surface area contributed by atoms with Crippen molar-refractivity contribution >= 4 is 23.7 Å². The van der Waals surface area contributed by atoms with Gasteiger partial charge in [-0.2, -0.15) is 0 Å². The van der Waals surface area contributed by atoms with Crippen molar-refractivity contribution in [3.05, 3.63) is 117 Å². The van der Waals surface area contributed by atoms with Crippen LogP contribution in [0.4, 0.5) is 5.69 Å². The monoisotopic (exact) mass is 514 g/mol. The molecule has 0 spiro atoms. The number of hydrogen-bond acceptors (Lipinski definition) is 7. The number of rotatable bonds is 9. The molecule has 10 heteroatoms. The summed E-state index contributed by atoms with van der Waals surface area (Å²) in [5, 5.41) is 24.2. The fraction of sp³-hybridized carbons (Fsp3) is 0.179. The second-order valence-electron chi connectivity index (χ2n) is 8.68. The van der Waals surface area contributed by atoms with E-state index in [1.165, 1.54) is 18.2 Å². The molecule has 0 fully saturated rings. The highest BCUT2D eigenvalue weighted by Crippen LogP contribution is 2.39. The van der Waals surface area contributed by atoms with Crippen molar-refractivity contribution in [2.45, 2.75) is 26.2 Å². The third-order valence-electron chi connectivity index (χ3n) is 6.15. The van der Waals surface area contributed by atoms with Crippen LogP contribution < -0.4 is 5.32 Å². The Labute approximate surface area is 218 Å². The van der Waals surface area contributed by atoms with Gasteiger partial charge in [0.15, 0.2) is 0 Å². The summed E-state index contributed by atoms with van der Waals surface area (Å²) in [6.07, 6.45) is 9.53. The van der Waals surface area contributed by atoms with E-state index in [4.69, 9.17) is 4.74 Å². The minimum Gasteiger partial charge on any atom is -0.478 e. The highest BCUT2D eigenvalue weighted by molar-refractivity contribution is 5.99. The maximum absolute atomic E-state index is 13.2. The Morgan fingerprint density at radius 2 is 1.89 bits per heavy atom. The molecule has 3 aromatic rings. The summed E-state index contributed by atoms with van der Waals surface area (Å²) in [5.41, 5.74) is 2.91. The van der Waals surface area contributed by atoms with Crippen molar-refractivity contribution in [1.82, 2.24) is 14.9 Å². The molecule has 0 radical (unpaired) electrons. The van der Waals surface area contributed by atoms with Gasteiger partial charge in [-0.15, -0.1) is 0 Å². The molecule has 1 aliphatic heterocycles. The van der Waals surface area contributed by atoms with Crippen molar-refractivity contribution in [2.24, 2.45) is 0 Å². The van der Waals surface area contributed by atoms with Gasteiger partial charge in [-0.05, 0) is 43.5 Å². The Kier molecular flexibility index (Phi) is 7.81. The Morgan fingerprint density at radius 1 is 1.16 bits per heavy atom. The number of ether oxygens (including phenoxy) is 1. The Hall–Kier alpha value is -4.99. The predicted molar refractivity (Wildman–Crippen MR) is 140 cm³/mol. The zero-order chi connectivity index (χ0) is 27.2. The van der Waals surface area contributed by atoms with E-state index in [2.05, 4.69) is 10.3 Å². The smallest absolute Gasteiger partial charge is 0.336 e. The van der Waals surface area contributed by atoms with E-state index in [9.17, 15) is 24.8 Å². The lowest BCUT2D eigenvalue weighted by molar-refractivity contribution is -0.384. The second kappa shape index (κ2) is 11.4. The van der Waals surface area contributed by atoms with E-state index < -0.39 is 22.8 Å². The standard InChI is InChI=1S/C28H26N4O6/c1-18-24(27(33)34)26(21-7-5-8-23(16-21)32(36)37)25(19(2)30-18)28(35)38-15-4-3-6-20-9-11-22(12-10-20)31-14-13-29-17-31/h3,5-14,16-17,26,30H,4,15H2,1-2H3,(H,33,34). The summed E-state index contributed by atoms with van der Waals surface area (Å²) >= 11 is 0. The number of nitro groups is 1. The number of benzene rings is 2. The highest BCUT2D eigenvalue weighted by Gasteiger charge is 2.37. The fourth-order valence-electron chi connectivity index (χ4n) is 4.39. The zero-order valence-corrected chi connectivity index (χ0v) is 20.8. The lowest BCUT2D eigenvalue weighted by Crippen LogP contribution is -2.32. The summed E-state index contributed by atoms with van der Waals surface area (Å²) in [4.78, 5) is 40.1. The average molecular weight is 515 g/mol. The van der Waals surface area contributed by atoms with Gasteiger partial charge in [0.05, 0.1) is 34.9 Å². The van der Waals surface area contributed by atoms with Gasteiger partial charge >= 0.3 is 11.9 Å². The lowest BCUT2D eigenvalue weighted by Gasteiger charge is -2.29. The van der Waals surface area contributed by atoms with E-state index >= 15 is 0 Å². The predicted octanol–water partition coefficient (Wildman–Crippen LogP) is 4.75. The van der Waals surface area contributed by atoms with E-state index in [1.807, 2.05) is 47.2 Å². The maximum atomic E-state index is 13.2. The molecule has 2 N–H and O–H groups in total. The third kappa shape index (κ3) is 5.70. The van der Waals surface area contributed by atoms with Gasteiger partial charge < -0.3 is 19.7 Å². The van der Waals surface area contributed by atoms with Gasteiger partial charge in [-0.1, -0.05) is 36.4 Å². The van der Waals surface area contributed by atoms with Gasteiger partial charge in [-0.3, -0.25) is 10.1 Å². The number of allylic oxidation sites excluding steroid dienone is 2. The molecule has 1 aromatic heterocycles. The van der Waals surface area contributed by atoms with Gasteiger partial charge in [0, 0.05) is 41.6 Å². The molecule has 38 heavy (non-hydrogen) atoms. The van der Waals surface area contributed by atoms with E-state index in [1.54, 1.807) is 32.4 Å². The number of carbonyl (C=O) groups excluding carboxylic acids is 1. The number of carbonyl (C=O) groups is 2. The molecule has 0 saturated heterocycles. The van der Waals surface area contributed by atoms with Crippen LogP contribution in [0.5, 0.6) is 0 Å². The lowest BCUT2D eigenvalue weighted by atomic mass is 9.80. The number of hydrogen-bond donors (Lipinski definition) is 2. The maximum Gasteiger partial charge on any atom is 0.336 e.